The van der Waals surface area contributed by atoms with E-state index in [1.165, 1.54) is 0 Å². The molecule has 0 spiro atoms. The standard InChI is InChI=1S/C14H15ClN4O/c1-19(9-10-4-2-5-11(15)8-10)12-6-3-7-17-13(12)14(16)18-20/h2-8,20H,9H2,1H3,(H2,16,18). The predicted octanol–water partition coefficient (Wildman–Crippen LogP) is 2.47. The molecule has 20 heavy (non-hydrogen) atoms. The van der Waals surface area contributed by atoms with Gasteiger partial charge in [0.05, 0.1) is 5.69 Å². The first-order chi connectivity index (χ1) is 9.61. The van der Waals surface area contributed by atoms with Crippen molar-refractivity contribution in [3.63, 3.8) is 0 Å². The van der Waals surface area contributed by atoms with E-state index < -0.39 is 0 Å². The number of anilines is 1. The van der Waals surface area contributed by atoms with Gasteiger partial charge in [-0.3, -0.25) is 4.98 Å². The quantitative estimate of drug-likeness (QED) is 0.393. The molecule has 0 radical (unpaired) electrons. The molecule has 3 N–H and O–H groups in total. The highest BCUT2D eigenvalue weighted by atomic mass is 35.5. The van der Waals surface area contributed by atoms with Crippen LogP contribution >= 0.6 is 11.6 Å². The summed E-state index contributed by atoms with van der Waals surface area (Å²) < 4.78 is 0. The number of oxime groups is 1. The number of aromatic nitrogens is 1. The molecule has 1 aromatic heterocycles. The van der Waals surface area contributed by atoms with E-state index in [-0.39, 0.29) is 5.84 Å². The van der Waals surface area contributed by atoms with Crippen molar-refractivity contribution in [3.05, 3.63) is 58.9 Å². The van der Waals surface area contributed by atoms with E-state index in [0.29, 0.717) is 17.3 Å². The van der Waals surface area contributed by atoms with Crippen LogP contribution in [0.1, 0.15) is 11.3 Å². The van der Waals surface area contributed by atoms with Crippen molar-refractivity contribution in [2.45, 2.75) is 6.54 Å². The number of hydrogen-bond donors (Lipinski definition) is 2. The number of nitrogens with zero attached hydrogens (tertiary/aromatic N) is 3. The lowest BCUT2D eigenvalue weighted by Gasteiger charge is -2.21. The number of amidine groups is 1. The van der Waals surface area contributed by atoms with Crippen molar-refractivity contribution in [1.82, 2.24) is 4.98 Å². The Hall–Kier alpha value is -2.27. The van der Waals surface area contributed by atoms with Gasteiger partial charge in [0.15, 0.2) is 5.84 Å². The molecule has 0 aliphatic carbocycles. The highest BCUT2D eigenvalue weighted by Crippen LogP contribution is 2.20. The lowest BCUT2D eigenvalue weighted by atomic mass is 10.2. The van der Waals surface area contributed by atoms with Crippen molar-refractivity contribution in [3.8, 4) is 0 Å². The summed E-state index contributed by atoms with van der Waals surface area (Å²) in [6.07, 6.45) is 1.60. The lowest BCUT2D eigenvalue weighted by Crippen LogP contribution is -2.23. The van der Waals surface area contributed by atoms with E-state index in [1.54, 1.807) is 12.3 Å². The maximum absolute atomic E-state index is 8.81. The van der Waals surface area contributed by atoms with Crippen LogP contribution in [0.3, 0.4) is 0 Å². The second kappa shape index (κ2) is 6.25. The van der Waals surface area contributed by atoms with Crippen molar-refractivity contribution >= 4 is 23.1 Å². The summed E-state index contributed by atoms with van der Waals surface area (Å²) in [5.41, 5.74) is 7.93. The third-order valence-corrected chi connectivity index (χ3v) is 3.09. The smallest absolute Gasteiger partial charge is 0.190 e. The molecule has 0 unspecified atom stereocenters. The molecule has 0 aliphatic heterocycles. The fourth-order valence-electron chi connectivity index (χ4n) is 1.94. The molecule has 0 fully saturated rings. The van der Waals surface area contributed by atoms with Crippen molar-refractivity contribution in [1.29, 1.82) is 0 Å². The number of benzene rings is 1. The molecule has 0 atom stereocenters. The second-order valence-electron chi connectivity index (χ2n) is 4.34. The second-order valence-corrected chi connectivity index (χ2v) is 4.78. The molecule has 0 amide bonds. The highest BCUT2D eigenvalue weighted by Gasteiger charge is 2.12. The van der Waals surface area contributed by atoms with Gasteiger partial charge in [0, 0.05) is 24.8 Å². The molecule has 1 heterocycles. The molecule has 1 aromatic carbocycles. The topological polar surface area (TPSA) is 74.7 Å². The van der Waals surface area contributed by atoms with E-state index >= 15 is 0 Å². The molecule has 6 heteroatoms. The van der Waals surface area contributed by atoms with E-state index in [1.807, 2.05) is 42.3 Å². The number of nitrogens with two attached hydrogens (primary N) is 1. The van der Waals surface area contributed by atoms with Crippen LogP contribution < -0.4 is 10.6 Å². The summed E-state index contributed by atoms with van der Waals surface area (Å²) in [6.45, 7) is 0.637. The zero-order chi connectivity index (χ0) is 14.5. The van der Waals surface area contributed by atoms with Crippen LogP contribution in [-0.2, 0) is 6.54 Å². The summed E-state index contributed by atoms with van der Waals surface area (Å²) in [5.74, 6) is -0.0152. The minimum atomic E-state index is -0.0152. The zero-order valence-corrected chi connectivity index (χ0v) is 11.7. The highest BCUT2D eigenvalue weighted by molar-refractivity contribution is 6.30. The minimum Gasteiger partial charge on any atom is -0.409 e. The molecular weight excluding hydrogens is 276 g/mol. The Kier molecular flexibility index (Phi) is 4.42. The third kappa shape index (κ3) is 3.19. The number of pyridine rings is 1. The average molecular weight is 291 g/mol. The number of hydrogen-bond acceptors (Lipinski definition) is 4. The van der Waals surface area contributed by atoms with Gasteiger partial charge in [-0.25, -0.2) is 0 Å². The van der Waals surface area contributed by atoms with Gasteiger partial charge in [-0.05, 0) is 29.8 Å². The first kappa shape index (κ1) is 14.1. The Balaban J connectivity index is 2.28. The molecule has 2 rings (SSSR count). The monoisotopic (exact) mass is 290 g/mol. The van der Waals surface area contributed by atoms with Crippen LogP contribution in [-0.4, -0.2) is 23.1 Å². The Bertz CT molecular complexity index is 630. The first-order valence-electron chi connectivity index (χ1n) is 6.00. The molecule has 0 aliphatic rings. The maximum atomic E-state index is 8.81. The zero-order valence-electron chi connectivity index (χ0n) is 11.0. The minimum absolute atomic E-state index is 0.0152. The fraction of sp³-hybridized carbons (Fsp3) is 0.143. The van der Waals surface area contributed by atoms with Crippen LogP contribution in [0.5, 0.6) is 0 Å². The molecule has 0 saturated heterocycles. The van der Waals surface area contributed by atoms with Crippen LogP contribution in [0.15, 0.2) is 47.8 Å². The van der Waals surface area contributed by atoms with Crippen LogP contribution in [0, 0.1) is 0 Å². The van der Waals surface area contributed by atoms with Crippen LogP contribution in [0.2, 0.25) is 5.02 Å². The largest absolute Gasteiger partial charge is 0.409 e. The fourth-order valence-corrected chi connectivity index (χ4v) is 2.16. The predicted molar refractivity (Wildman–Crippen MR) is 80.3 cm³/mol. The summed E-state index contributed by atoms with van der Waals surface area (Å²) in [6, 6.07) is 11.3. The van der Waals surface area contributed by atoms with E-state index in [4.69, 9.17) is 22.5 Å². The van der Waals surface area contributed by atoms with Gasteiger partial charge in [-0.2, -0.15) is 0 Å². The molecule has 5 nitrogen and oxygen atoms in total. The molecule has 0 bridgehead atoms. The Labute approximate surface area is 122 Å². The summed E-state index contributed by atoms with van der Waals surface area (Å²) in [4.78, 5) is 6.11. The number of halogens is 1. The van der Waals surface area contributed by atoms with Crippen LogP contribution in [0.25, 0.3) is 0 Å². The van der Waals surface area contributed by atoms with Gasteiger partial charge >= 0.3 is 0 Å². The number of rotatable bonds is 4. The van der Waals surface area contributed by atoms with Crippen LogP contribution in [0.4, 0.5) is 5.69 Å². The Morgan fingerprint density at radius 3 is 2.90 bits per heavy atom. The molecule has 2 aromatic rings. The van der Waals surface area contributed by atoms with E-state index in [2.05, 4.69) is 10.1 Å². The van der Waals surface area contributed by atoms with Gasteiger partial charge in [-0.15, -0.1) is 0 Å². The van der Waals surface area contributed by atoms with Gasteiger partial charge in [0.1, 0.15) is 5.69 Å². The lowest BCUT2D eigenvalue weighted by molar-refractivity contribution is 0.318. The van der Waals surface area contributed by atoms with Crippen molar-refractivity contribution in [2.24, 2.45) is 10.9 Å². The van der Waals surface area contributed by atoms with Gasteiger partial charge in [0.2, 0.25) is 0 Å². The van der Waals surface area contributed by atoms with Gasteiger partial charge in [-0.1, -0.05) is 28.9 Å². The summed E-state index contributed by atoms with van der Waals surface area (Å²) >= 11 is 5.98. The first-order valence-corrected chi connectivity index (χ1v) is 6.38. The maximum Gasteiger partial charge on any atom is 0.190 e. The summed E-state index contributed by atoms with van der Waals surface area (Å²) in [5, 5.41) is 12.5. The van der Waals surface area contributed by atoms with Gasteiger partial charge in [0.25, 0.3) is 0 Å². The van der Waals surface area contributed by atoms with Crippen molar-refractivity contribution in [2.75, 3.05) is 11.9 Å². The summed E-state index contributed by atoms with van der Waals surface area (Å²) in [7, 11) is 1.91. The normalized spacial score (nSPS) is 11.4. The van der Waals surface area contributed by atoms with Crippen molar-refractivity contribution < 1.29 is 5.21 Å². The SMILES string of the molecule is CN(Cc1cccc(Cl)c1)c1cccnc1/C(N)=N/O. The Morgan fingerprint density at radius 1 is 1.40 bits per heavy atom. The average Bonchev–Trinajstić information content (AvgIpc) is 2.46. The Morgan fingerprint density at radius 2 is 2.20 bits per heavy atom. The van der Waals surface area contributed by atoms with Gasteiger partial charge < -0.3 is 15.8 Å². The molecule has 104 valence electrons. The third-order valence-electron chi connectivity index (χ3n) is 2.86. The molecular formula is C14H15ClN4O. The van der Waals surface area contributed by atoms with E-state index in [9.17, 15) is 0 Å². The van der Waals surface area contributed by atoms with E-state index in [0.717, 1.165) is 11.3 Å². The molecule has 0 saturated carbocycles.